The van der Waals surface area contributed by atoms with E-state index in [1.807, 2.05) is 6.07 Å². The Kier molecular flexibility index (Phi) is 4.24. The molecule has 0 saturated carbocycles. The standard InChI is InChI=1S/C20H11N3O3S/c21-11-12-3-5-13(6-4-12)18(24)14-7-8-15-17(10-14)27-20(22-15)23-19(25)16-2-1-9-26-16/h1-10H,(H,22,23,25). The first kappa shape index (κ1) is 16.7. The Morgan fingerprint density at radius 3 is 2.56 bits per heavy atom. The van der Waals surface area contributed by atoms with Gasteiger partial charge in [-0.05, 0) is 54.6 Å². The van der Waals surface area contributed by atoms with Crippen molar-refractivity contribution >= 4 is 38.4 Å². The topological polar surface area (TPSA) is 96.0 Å². The number of benzene rings is 2. The quantitative estimate of drug-likeness (QED) is 0.540. The van der Waals surface area contributed by atoms with Gasteiger partial charge in [0.1, 0.15) is 0 Å². The zero-order valence-corrected chi connectivity index (χ0v) is 14.6. The molecule has 0 radical (unpaired) electrons. The van der Waals surface area contributed by atoms with Gasteiger partial charge in [-0.1, -0.05) is 11.3 Å². The lowest BCUT2D eigenvalue weighted by atomic mass is 10.0. The van der Waals surface area contributed by atoms with Crippen LogP contribution in [0.4, 0.5) is 5.13 Å². The molecule has 0 saturated heterocycles. The molecule has 2 aromatic heterocycles. The highest BCUT2D eigenvalue weighted by Gasteiger charge is 2.14. The van der Waals surface area contributed by atoms with Crippen LogP contribution in [0.2, 0.25) is 0 Å². The smallest absolute Gasteiger partial charge is 0.293 e. The van der Waals surface area contributed by atoms with E-state index < -0.39 is 0 Å². The number of nitrogens with zero attached hydrogens (tertiary/aromatic N) is 2. The molecule has 0 atom stereocenters. The molecule has 0 unspecified atom stereocenters. The van der Waals surface area contributed by atoms with Gasteiger partial charge in [-0.2, -0.15) is 5.26 Å². The molecule has 0 spiro atoms. The highest BCUT2D eigenvalue weighted by atomic mass is 32.1. The Balaban J connectivity index is 1.59. The summed E-state index contributed by atoms with van der Waals surface area (Å²) in [6, 6.07) is 16.9. The fourth-order valence-electron chi connectivity index (χ4n) is 2.55. The monoisotopic (exact) mass is 373 g/mol. The van der Waals surface area contributed by atoms with Gasteiger partial charge in [0.05, 0.1) is 28.1 Å². The Morgan fingerprint density at radius 2 is 1.85 bits per heavy atom. The van der Waals surface area contributed by atoms with Crippen LogP contribution in [0.15, 0.2) is 65.3 Å². The third kappa shape index (κ3) is 3.34. The normalized spacial score (nSPS) is 10.5. The van der Waals surface area contributed by atoms with Gasteiger partial charge in [-0.25, -0.2) is 4.98 Å². The molecule has 1 amide bonds. The lowest BCUT2D eigenvalue weighted by molar-refractivity contribution is 0.0995. The fourth-order valence-corrected chi connectivity index (χ4v) is 3.45. The number of furan rings is 1. The molecule has 0 aliphatic rings. The molecular formula is C20H11N3O3S. The molecule has 27 heavy (non-hydrogen) atoms. The minimum absolute atomic E-state index is 0.143. The molecule has 2 heterocycles. The number of hydrogen-bond donors (Lipinski definition) is 1. The van der Waals surface area contributed by atoms with Crippen molar-refractivity contribution in [1.82, 2.24) is 4.98 Å². The minimum Gasteiger partial charge on any atom is -0.459 e. The maximum absolute atomic E-state index is 12.6. The summed E-state index contributed by atoms with van der Waals surface area (Å²) in [6.45, 7) is 0. The highest BCUT2D eigenvalue weighted by Crippen LogP contribution is 2.28. The van der Waals surface area contributed by atoms with Crippen LogP contribution in [0.1, 0.15) is 32.0 Å². The zero-order chi connectivity index (χ0) is 18.8. The van der Waals surface area contributed by atoms with Crippen LogP contribution in [0, 0.1) is 11.3 Å². The SMILES string of the molecule is N#Cc1ccc(C(=O)c2ccc3nc(NC(=O)c4ccco4)sc3c2)cc1. The first-order valence-electron chi connectivity index (χ1n) is 7.94. The number of nitriles is 1. The lowest BCUT2D eigenvalue weighted by Gasteiger charge is -2.01. The summed E-state index contributed by atoms with van der Waals surface area (Å²) >= 11 is 1.28. The van der Waals surface area contributed by atoms with Crippen molar-refractivity contribution in [2.45, 2.75) is 0 Å². The molecule has 4 aromatic rings. The summed E-state index contributed by atoms with van der Waals surface area (Å²) in [5, 5.41) is 12.0. The molecule has 0 aliphatic heterocycles. The van der Waals surface area contributed by atoms with Crippen molar-refractivity contribution in [2.75, 3.05) is 5.32 Å². The highest BCUT2D eigenvalue weighted by molar-refractivity contribution is 7.22. The number of rotatable bonds is 4. The van der Waals surface area contributed by atoms with Gasteiger partial charge in [-0.15, -0.1) is 0 Å². The molecular weight excluding hydrogens is 362 g/mol. The van der Waals surface area contributed by atoms with Crippen molar-refractivity contribution in [3.05, 3.63) is 83.3 Å². The van der Waals surface area contributed by atoms with Crippen LogP contribution >= 0.6 is 11.3 Å². The van der Waals surface area contributed by atoms with Gasteiger partial charge in [0, 0.05) is 11.1 Å². The van der Waals surface area contributed by atoms with E-state index in [4.69, 9.17) is 9.68 Å². The molecule has 4 rings (SSSR count). The van der Waals surface area contributed by atoms with Crippen LogP contribution in [0.5, 0.6) is 0 Å². The van der Waals surface area contributed by atoms with Crippen LogP contribution in [0.3, 0.4) is 0 Å². The Morgan fingerprint density at radius 1 is 1.07 bits per heavy atom. The number of thiazole rings is 1. The number of fused-ring (bicyclic) bond motifs is 1. The van der Waals surface area contributed by atoms with Crippen molar-refractivity contribution < 1.29 is 14.0 Å². The maximum atomic E-state index is 12.6. The summed E-state index contributed by atoms with van der Waals surface area (Å²) < 4.78 is 5.84. The average Bonchev–Trinajstić information content (AvgIpc) is 3.36. The third-order valence-corrected chi connectivity index (χ3v) is 4.83. The summed E-state index contributed by atoms with van der Waals surface area (Å²) in [4.78, 5) is 29.1. The minimum atomic E-state index is -0.382. The predicted molar refractivity (Wildman–Crippen MR) is 101 cm³/mol. The van der Waals surface area contributed by atoms with Crippen molar-refractivity contribution in [1.29, 1.82) is 5.26 Å². The number of amides is 1. The third-order valence-electron chi connectivity index (χ3n) is 3.89. The van der Waals surface area contributed by atoms with E-state index in [0.717, 1.165) is 4.70 Å². The van der Waals surface area contributed by atoms with Crippen molar-refractivity contribution in [3.63, 3.8) is 0 Å². The average molecular weight is 373 g/mol. The van der Waals surface area contributed by atoms with Gasteiger partial charge in [0.15, 0.2) is 16.7 Å². The Labute approximate surface area is 157 Å². The summed E-state index contributed by atoms with van der Waals surface area (Å²) in [5.74, 6) is -0.324. The molecule has 0 fully saturated rings. The predicted octanol–water partition coefficient (Wildman–Crippen LogP) is 4.24. The second-order valence-corrected chi connectivity index (χ2v) is 6.68. The number of hydrogen-bond acceptors (Lipinski definition) is 6. The largest absolute Gasteiger partial charge is 0.459 e. The van der Waals surface area contributed by atoms with Crippen LogP contribution in [0.25, 0.3) is 10.2 Å². The number of ketones is 1. The molecule has 1 N–H and O–H groups in total. The van der Waals surface area contributed by atoms with Gasteiger partial charge in [0.2, 0.25) is 0 Å². The van der Waals surface area contributed by atoms with Crippen LogP contribution < -0.4 is 5.32 Å². The lowest BCUT2D eigenvalue weighted by Crippen LogP contribution is -2.10. The number of anilines is 1. The Bertz CT molecular complexity index is 1190. The van der Waals surface area contributed by atoms with E-state index in [2.05, 4.69) is 10.3 Å². The first-order chi connectivity index (χ1) is 13.1. The summed E-state index contributed by atoms with van der Waals surface area (Å²) in [5.41, 5.74) is 2.21. The van der Waals surface area contributed by atoms with Gasteiger partial charge in [-0.3, -0.25) is 14.9 Å². The Hall–Kier alpha value is -3.76. The number of carbonyl (C=O) groups is 2. The van der Waals surface area contributed by atoms with E-state index in [9.17, 15) is 9.59 Å². The number of aromatic nitrogens is 1. The molecule has 130 valence electrons. The number of carbonyl (C=O) groups excluding carboxylic acids is 2. The molecule has 7 heteroatoms. The van der Waals surface area contributed by atoms with Crippen molar-refractivity contribution in [3.8, 4) is 6.07 Å². The second kappa shape index (κ2) is 6.86. The van der Waals surface area contributed by atoms with E-state index in [-0.39, 0.29) is 17.5 Å². The van der Waals surface area contributed by atoms with Crippen LogP contribution in [-0.2, 0) is 0 Å². The molecule has 0 aliphatic carbocycles. The summed E-state index contributed by atoms with van der Waals surface area (Å²) in [6.07, 6.45) is 1.42. The van der Waals surface area contributed by atoms with E-state index in [0.29, 0.717) is 27.3 Å². The first-order valence-corrected chi connectivity index (χ1v) is 8.76. The van der Waals surface area contributed by atoms with E-state index in [1.165, 1.54) is 17.6 Å². The zero-order valence-electron chi connectivity index (χ0n) is 13.8. The van der Waals surface area contributed by atoms with E-state index >= 15 is 0 Å². The van der Waals surface area contributed by atoms with Gasteiger partial charge in [0.25, 0.3) is 5.91 Å². The van der Waals surface area contributed by atoms with Gasteiger partial charge >= 0.3 is 0 Å². The molecule has 0 bridgehead atoms. The van der Waals surface area contributed by atoms with Crippen molar-refractivity contribution in [2.24, 2.45) is 0 Å². The van der Waals surface area contributed by atoms with E-state index in [1.54, 1.807) is 54.6 Å². The fraction of sp³-hybridized carbons (Fsp3) is 0. The number of nitrogens with one attached hydrogen (secondary N) is 1. The van der Waals surface area contributed by atoms with Crippen LogP contribution in [-0.4, -0.2) is 16.7 Å². The molecule has 2 aromatic carbocycles. The maximum Gasteiger partial charge on any atom is 0.293 e. The molecule has 6 nitrogen and oxygen atoms in total. The van der Waals surface area contributed by atoms with Gasteiger partial charge < -0.3 is 4.42 Å². The second-order valence-electron chi connectivity index (χ2n) is 5.65. The summed E-state index contributed by atoms with van der Waals surface area (Å²) in [7, 11) is 0.